The maximum atomic E-state index is 12.7. The van der Waals surface area contributed by atoms with Crippen LogP contribution < -0.4 is 5.73 Å². The largest absolute Gasteiger partial charge is 0.416 e. The van der Waals surface area contributed by atoms with Crippen LogP contribution in [0.15, 0.2) is 18.2 Å². The molecule has 0 saturated carbocycles. The van der Waals surface area contributed by atoms with Crippen molar-refractivity contribution < 1.29 is 31.4 Å². The van der Waals surface area contributed by atoms with E-state index in [0.717, 1.165) is 0 Å². The summed E-state index contributed by atoms with van der Waals surface area (Å²) in [4.78, 5) is 0. The number of benzene rings is 1. The van der Waals surface area contributed by atoms with Crippen LogP contribution in [0, 0.1) is 0 Å². The summed E-state index contributed by atoms with van der Waals surface area (Å²) in [6.45, 7) is -0.459. The van der Waals surface area contributed by atoms with Gasteiger partial charge < -0.3 is 10.8 Å². The first-order valence-corrected chi connectivity index (χ1v) is 5.22. The third-order valence-corrected chi connectivity index (χ3v) is 2.53. The van der Waals surface area contributed by atoms with Crippen LogP contribution in [-0.2, 0) is 12.4 Å². The molecule has 1 rings (SSSR count). The first-order valence-electron chi connectivity index (χ1n) is 5.22. The van der Waals surface area contributed by atoms with Crippen molar-refractivity contribution in [3.05, 3.63) is 34.9 Å². The molecule has 0 heterocycles. The molecule has 0 saturated heterocycles. The van der Waals surface area contributed by atoms with E-state index >= 15 is 0 Å². The quantitative estimate of drug-likeness (QED) is 0.836. The second-order valence-corrected chi connectivity index (χ2v) is 3.92. The summed E-state index contributed by atoms with van der Waals surface area (Å²) in [6.07, 6.45) is -9.97. The maximum absolute atomic E-state index is 12.7. The number of rotatable bonds is 3. The molecule has 0 aromatic heterocycles. The first kappa shape index (κ1) is 19.0. The summed E-state index contributed by atoms with van der Waals surface area (Å²) < 4.78 is 75.4. The molecular weight excluding hydrogens is 312 g/mol. The predicted molar refractivity (Wildman–Crippen MR) is 62.3 cm³/mol. The van der Waals surface area contributed by atoms with Crippen molar-refractivity contribution in [2.24, 2.45) is 5.73 Å². The standard InChI is InChI=1S/C11H11F6NO.ClH/c12-10(13,14)6-1-2-7(9(18)3-4-19)8(5-6)11(15,16)17;/h1-2,5,9,19H,3-4,18H2;1H/t9-;/m1./s1. The average molecular weight is 324 g/mol. The second kappa shape index (κ2) is 6.64. The minimum atomic E-state index is -4.94. The molecule has 1 aromatic rings. The Hall–Kier alpha value is -0.990. The molecule has 0 unspecified atom stereocenters. The Balaban J connectivity index is 0.00000361. The van der Waals surface area contributed by atoms with Crippen molar-refractivity contribution in [3.63, 3.8) is 0 Å². The molecule has 3 N–H and O–H groups in total. The third kappa shape index (κ3) is 4.53. The summed E-state index contributed by atoms with van der Waals surface area (Å²) in [5, 5.41) is 8.63. The summed E-state index contributed by atoms with van der Waals surface area (Å²) in [5.41, 5.74) is 2.14. The minimum Gasteiger partial charge on any atom is -0.396 e. The molecule has 1 aromatic carbocycles. The van der Waals surface area contributed by atoms with E-state index in [0.29, 0.717) is 12.1 Å². The lowest BCUT2D eigenvalue weighted by atomic mass is 9.96. The number of alkyl halides is 6. The molecule has 0 aliphatic rings. The zero-order valence-electron chi connectivity index (χ0n) is 9.92. The van der Waals surface area contributed by atoms with Gasteiger partial charge in [0.1, 0.15) is 0 Å². The van der Waals surface area contributed by atoms with Crippen LogP contribution in [0.5, 0.6) is 0 Å². The van der Waals surface area contributed by atoms with Gasteiger partial charge >= 0.3 is 12.4 Å². The summed E-state index contributed by atoms with van der Waals surface area (Å²) in [6, 6.07) is 0.101. The van der Waals surface area contributed by atoms with Gasteiger partial charge in [0.15, 0.2) is 0 Å². The number of halogens is 7. The highest BCUT2D eigenvalue weighted by Gasteiger charge is 2.38. The monoisotopic (exact) mass is 323 g/mol. The first-order chi connectivity index (χ1) is 8.57. The summed E-state index contributed by atoms with van der Waals surface area (Å²) in [7, 11) is 0. The van der Waals surface area contributed by atoms with Crippen molar-refractivity contribution in [2.45, 2.75) is 24.8 Å². The van der Waals surface area contributed by atoms with E-state index in [9.17, 15) is 26.3 Å². The van der Waals surface area contributed by atoms with Crippen LogP contribution >= 0.6 is 12.4 Å². The molecular formula is C11H12ClF6NO. The van der Waals surface area contributed by atoms with Crippen LogP contribution in [-0.4, -0.2) is 11.7 Å². The van der Waals surface area contributed by atoms with Gasteiger partial charge in [-0.25, -0.2) is 0 Å². The topological polar surface area (TPSA) is 46.2 Å². The zero-order valence-corrected chi connectivity index (χ0v) is 10.7. The van der Waals surface area contributed by atoms with Crippen molar-refractivity contribution in [3.8, 4) is 0 Å². The van der Waals surface area contributed by atoms with Gasteiger partial charge in [-0.05, 0) is 24.1 Å². The van der Waals surface area contributed by atoms with Crippen LogP contribution in [0.2, 0.25) is 0 Å². The van der Waals surface area contributed by atoms with Gasteiger partial charge in [-0.3, -0.25) is 0 Å². The van der Waals surface area contributed by atoms with E-state index in [1.54, 1.807) is 0 Å². The molecule has 0 spiro atoms. The van der Waals surface area contributed by atoms with Gasteiger partial charge in [0.05, 0.1) is 11.1 Å². The molecule has 0 fully saturated rings. The van der Waals surface area contributed by atoms with E-state index in [1.165, 1.54) is 0 Å². The Morgan fingerprint density at radius 3 is 2.00 bits per heavy atom. The summed E-state index contributed by atoms with van der Waals surface area (Å²) >= 11 is 0. The molecule has 0 bridgehead atoms. The molecule has 0 amide bonds. The number of aliphatic hydroxyl groups is 1. The van der Waals surface area contributed by atoms with Crippen molar-refractivity contribution in [2.75, 3.05) is 6.61 Å². The lowest BCUT2D eigenvalue weighted by molar-refractivity contribution is -0.143. The van der Waals surface area contributed by atoms with E-state index in [2.05, 4.69) is 0 Å². The van der Waals surface area contributed by atoms with E-state index in [4.69, 9.17) is 10.8 Å². The highest BCUT2D eigenvalue weighted by molar-refractivity contribution is 5.85. The van der Waals surface area contributed by atoms with Gasteiger partial charge in [-0.2, -0.15) is 26.3 Å². The fourth-order valence-electron chi connectivity index (χ4n) is 1.60. The Morgan fingerprint density at radius 1 is 1.05 bits per heavy atom. The van der Waals surface area contributed by atoms with Crippen LogP contribution in [0.4, 0.5) is 26.3 Å². The third-order valence-electron chi connectivity index (χ3n) is 2.53. The lowest BCUT2D eigenvalue weighted by Gasteiger charge is -2.19. The SMILES string of the molecule is Cl.N[C@H](CCO)c1ccc(C(F)(F)F)cc1C(F)(F)F. The molecule has 0 aliphatic carbocycles. The minimum absolute atomic E-state index is 0. The lowest BCUT2D eigenvalue weighted by Crippen LogP contribution is -2.20. The zero-order chi connectivity index (χ0) is 14.8. The molecule has 116 valence electrons. The molecule has 0 aliphatic heterocycles. The van der Waals surface area contributed by atoms with Gasteiger partial charge in [-0.1, -0.05) is 6.07 Å². The van der Waals surface area contributed by atoms with E-state index in [1.807, 2.05) is 0 Å². The van der Waals surface area contributed by atoms with Gasteiger partial charge in [0.2, 0.25) is 0 Å². The van der Waals surface area contributed by atoms with Crippen LogP contribution in [0.3, 0.4) is 0 Å². The Labute approximate surface area is 117 Å². The maximum Gasteiger partial charge on any atom is 0.416 e. The molecule has 2 nitrogen and oxygen atoms in total. The molecule has 1 atom stereocenters. The van der Waals surface area contributed by atoms with Crippen molar-refractivity contribution in [1.82, 2.24) is 0 Å². The fourth-order valence-corrected chi connectivity index (χ4v) is 1.60. The second-order valence-electron chi connectivity index (χ2n) is 3.92. The van der Waals surface area contributed by atoms with Gasteiger partial charge in [0.25, 0.3) is 0 Å². The number of aliphatic hydroxyl groups excluding tert-OH is 1. The van der Waals surface area contributed by atoms with Crippen molar-refractivity contribution in [1.29, 1.82) is 0 Å². The number of hydrogen-bond donors (Lipinski definition) is 2. The highest BCUT2D eigenvalue weighted by atomic mass is 35.5. The number of hydrogen-bond acceptors (Lipinski definition) is 2. The predicted octanol–water partition coefficient (Wildman–Crippen LogP) is 3.53. The Bertz CT molecular complexity index is 446. The normalized spacial score (nSPS) is 13.8. The van der Waals surface area contributed by atoms with E-state index in [-0.39, 0.29) is 24.9 Å². The van der Waals surface area contributed by atoms with Gasteiger partial charge in [0, 0.05) is 12.6 Å². The highest BCUT2D eigenvalue weighted by Crippen LogP contribution is 2.39. The van der Waals surface area contributed by atoms with Crippen LogP contribution in [0.1, 0.15) is 29.2 Å². The smallest absolute Gasteiger partial charge is 0.396 e. The van der Waals surface area contributed by atoms with Crippen molar-refractivity contribution >= 4 is 12.4 Å². The molecule has 20 heavy (non-hydrogen) atoms. The Kier molecular flexibility index (Phi) is 6.31. The summed E-state index contributed by atoms with van der Waals surface area (Å²) in [5.74, 6) is 0. The molecule has 9 heteroatoms. The fraction of sp³-hybridized carbons (Fsp3) is 0.455. The molecule has 0 radical (unpaired) electrons. The Morgan fingerprint density at radius 2 is 1.60 bits per heavy atom. The van der Waals surface area contributed by atoms with Gasteiger partial charge in [-0.15, -0.1) is 12.4 Å². The average Bonchev–Trinajstić information content (AvgIpc) is 2.26. The number of nitrogens with two attached hydrogens (primary N) is 1. The van der Waals surface area contributed by atoms with Crippen LogP contribution in [0.25, 0.3) is 0 Å². The van der Waals surface area contributed by atoms with E-state index < -0.39 is 41.7 Å².